The predicted molar refractivity (Wildman–Crippen MR) is 115 cm³/mol. The van der Waals surface area contributed by atoms with Crippen LogP contribution in [-0.2, 0) is 0 Å². The lowest BCUT2D eigenvalue weighted by atomic mass is 9.99. The summed E-state index contributed by atoms with van der Waals surface area (Å²) >= 11 is 0. The van der Waals surface area contributed by atoms with Crippen LogP contribution in [0.2, 0.25) is 0 Å². The van der Waals surface area contributed by atoms with Crippen molar-refractivity contribution in [3.63, 3.8) is 0 Å². The maximum absolute atomic E-state index is 13.0. The van der Waals surface area contributed by atoms with Gasteiger partial charge in [0, 0.05) is 5.56 Å². The van der Waals surface area contributed by atoms with Gasteiger partial charge >= 0.3 is 6.09 Å². The topological polar surface area (TPSA) is 78.9 Å². The quantitative estimate of drug-likeness (QED) is 0.661. The van der Waals surface area contributed by atoms with Crippen LogP contribution in [0.25, 0.3) is 10.8 Å². The third-order valence-electron chi connectivity index (χ3n) is 5.51. The first-order valence-electron chi connectivity index (χ1n) is 9.96. The fourth-order valence-electron chi connectivity index (χ4n) is 3.76. The number of carboxylic acid groups (broad SMARTS) is 1. The molecular formula is C24H24N2O4. The average molecular weight is 404 g/mol. The zero-order chi connectivity index (χ0) is 21.3. The van der Waals surface area contributed by atoms with Crippen LogP contribution >= 0.6 is 0 Å². The molecular weight excluding hydrogens is 380 g/mol. The minimum atomic E-state index is -0.943. The number of nitrogens with one attached hydrogen (secondary N) is 1. The van der Waals surface area contributed by atoms with Crippen molar-refractivity contribution >= 4 is 22.8 Å². The Bertz CT molecular complexity index is 1100. The third kappa shape index (κ3) is 3.94. The van der Waals surface area contributed by atoms with Gasteiger partial charge in [0.25, 0.3) is 5.91 Å². The standard InChI is InChI=1S/C24H24N2O4/c1-15-10-11-18(30-19-13-26(14-19)24(28)29)12-22(15)23(27)25-16(2)20-9-5-7-17-6-3-4-8-21(17)20/h3-12,16,19H,13-14H2,1-2H3,(H,25,27)(H,28,29). The molecule has 3 aromatic carbocycles. The van der Waals surface area contributed by atoms with Crippen molar-refractivity contribution in [3.05, 3.63) is 77.4 Å². The molecule has 1 aliphatic rings. The smallest absolute Gasteiger partial charge is 0.407 e. The predicted octanol–water partition coefficient (Wildman–Crippen LogP) is 4.38. The van der Waals surface area contributed by atoms with Crippen LogP contribution in [0.1, 0.15) is 34.5 Å². The first kappa shape index (κ1) is 19.8. The maximum Gasteiger partial charge on any atom is 0.407 e. The van der Waals surface area contributed by atoms with Crippen molar-refractivity contribution in [3.8, 4) is 5.75 Å². The van der Waals surface area contributed by atoms with Gasteiger partial charge in [0.15, 0.2) is 0 Å². The molecule has 0 aliphatic carbocycles. The molecule has 1 heterocycles. The fraction of sp³-hybridized carbons (Fsp3) is 0.250. The van der Waals surface area contributed by atoms with E-state index in [4.69, 9.17) is 9.84 Å². The molecule has 6 nitrogen and oxygen atoms in total. The molecule has 1 atom stereocenters. The lowest BCUT2D eigenvalue weighted by molar-refractivity contribution is 0.0252. The van der Waals surface area contributed by atoms with Crippen LogP contribution in [0.15, 0.2) is 60.7 Å². The number of benzene rings is 3. The molecule has 1 aliphatic heterocycles. The highest BCUT2D eigenvalue weighted by molar-refractivity contribution is 5.96. The van der Waals surface area contributed by atoms with Crippen molar-refractivity contribution in [2.24, 2.45) is 0 Å². The highest BCUT2D eigenvalue weighted by atomic mass is 16.5. The lowest BCUT2D eigenvalue weighted by Gasteiger charge is -2.36. The SMILES string of the molecule is Cc1ccc(OC2CN(C(=O)O)C2)cc1C(=O)NC(C)c1cccc2ccccc12. The minimum Gasteiger partial charge on any atom is -0.487 e. The number of carbonyl (C=O) groups excluding carboxylic acids is 1. The Morgan fingerprint density at radius 3 is 2.60 bits per heavy atom. The molecule has 1 unspecified atom stereocenters. The van der Waals surface area contributed by atoms with Gasteiger partial charge in [-0.15, -0.1) is 0 Å². The molecule has 0 bridgehead atoms. The summed E-state index contributed by atoms with van der Waals surface area (Å²) in [7, 11) is 0. The Kier molecular flexibility index (Phi) is 5.31. The van der Waals surface area contributed by atoms with E-state index in [2.05, 4.69) is 23.5 Å². The highest BCUT2D eigenvalue weighted by Gasteiger charge is 2.32. The Morgan fingerprint density at radius 2 is 1.83 bits per heavy atom. The molecule has 0 saturated carbocycles. The molecule has 4 rings (SSSR count). The normalized spacial score (nSPS) is 14.8. The van der Waals surface area contributed by atoms with Gasteiger partial charge in [-0.2, -0.15) is 0 Å². The maximum atomic E-state index is 13.0. The van der Waals surface area contributed by atoms with Crippen LogP contribution < -0.4 is 10.1 Å². The number of nitrogens with zero attached hydrogens (tertiary/aromatic N) is 1. The van der Waals surface area contributed by atoms with E-state index in [0.29, 0.717) is 24.4 Å². The highest BCUT2D eigenvalue weighted by Crippen LogP contribution is 2.26. The van der Waals surface area contributed by atoms with Crippen molar-refractivity contribution < 1.29 is 19.4 Å². The van der Waals surface area contributed by atoms with Crippen LogP contribution in [0.4, 0.5) is 4.79 Å². The number of carbonyl (C=O) groups is 2. The molecule has 1 fully saturated rings. The van der Waals surface area contributed by atoms with Gasteiger partial charge in [-0.05, 0) is 47.9 Å². The number of fused-ring (bicyclic) bond motifs is 1. The summed E-state index contributed by atoms with van der Waals surface area (Å²) in [5.74, 6) is 0.401. The molecule has 30 heavy (non-hydrogen) atoms. The Balaban J connectivity index is 1.48. The Morgan fingerprint density at radius 1 is 1.10 bits per heavy atom. The second-order valence-corrected chi connectivity index (χ2v) is 7.67. The number of ether oxygens (including phenoxy) is 1. The number of likely N-dealkylation sites (tertiary alicyclic amines) is 1. The van der Waals surface area contributed by atoms with Gasteiger partial charge in [0.1, 0.15) is 11.9 Å². The second-order valence-electron chi connectivity index (χ2n) is 7.67. The van der Waals surface area contributed by atoms with Crippen molar-refractivity contribution in [1.29, 1.82) is 0 Å². The van der Waals surface area contributed by atoms with Gasteiger partial charge in [-0.3, -0.25) is 4.79 Å². The summed E-state index contributed by atoms with van der Waals surface area (Å²) in [4.78, 5) is 25.2. The van der Waals surface area contributed by atoms with Crippen LogP contribution in [0, 0.1) is 6.92 Å². The summed E-state index contributed by atoms with van der Waals surface area (Å²) in [6.07, 6.45) is -1.13. The average Bonchev–Trinajstić information content (AvgIpc) is 2.70. The third-order valence-corrected chi connectivity index (χ3v) is 5.51. The van der Waals surface area contributed by atoms with Gasteiger partial charge in [0.05, 0.1) is 19.1 Å². The van der Waals surface area contributed by atoms with Crippen molar-refractivity contribution in [1.82, 2.24) is 10.2 Å². The lowest BCUT2D eigenvalue weighted by Crippen LogP contribution is -2.55. The summed E-state index contributed by atoms with van der Waals surface area (Å²) in [5.41, 5.74) is 2.47. The molecule has 154 valence electrons. The number of rotatable bonds is 5. The summed E-state index contributed by atoms with van der Waals surface area (Å²) in [6.45, 7) is 4.53. The molecule has 0 spiro atoms. The number of hydrogen-bond acceptors (Lipinski definition) is 3. The number of aryl methyl sites for hydroxylation is 1. The second kappa shape index (κ2) is 8.06. The van der Waals surface area contributed by atoms with Crippen LogP contribution in [0.3, 0.4) is 0 Å². The van der Waals surface area contributed by atoms with E-state index >= 15 is 0 Å². The fourth-order valence-corrected chi connectivity index (χ4v) is 3.76. The monoisotopic (exact) mass is 404 g/mol. The summed E-state index contributed by atoms with van der Waals surface area (Å²) in [5, 5.41) is 14.3. The van der Waals surface area contributed by atoms with E-state index in [1.807, 2.05) is 50.2 Å². The van der Waals surface area contributed by atoms with E-state index in [1.54, 1.807) is 6.07 Å². The van der Waals surface area contributed by atoms with Crippen molar-refractivity contribution in [2.75, 3.05) is 13.1 Å². The number of amides is 2. The molecule has 2 N–H and O–H groups in total. The Hall–Kier alpha value is -3.54. The molecule has 0 aromatic heterocycles. The van der Waals surface area contributed by atoms with E-state index in [0.717, 1.165) is 21.9 Å². The molecule has 3 aromatic rings. The van der Waals surface area contributed by atoms with E-state index < -0.39 is 6.09 Å². The molecule has 6 heteroatoms. The van der Waals surface area contributed by atoms with E-state index in [-0.39, 0.29) is 18.1 Å². The number of hydrogen-bond donors (Lipinski definition) is 2. The zero-order valence-corrected chi connectivity index (χ0v) is 17.0. The summed E-state index contributed by atoms with van der Waals surface area (Å²) < 4.78 is 5.84. The molecule has 2 amide bonds. The van der Waals surface area contributed by atoms with Gasteiger partial charge < -0.3 is 20.1 Å². The van der Waals surface area contributed by atoms with Gasteiger partial charge in [-0.1, -0.05) is 48.5 Å². The largest absolute Gasteiger partial charge is 0.487 e. The summed E-state index contributed by atoms with van der Waals surface area (Å²) in [6, 6.07) is 19.4. The van der Waals surface area contributed by atoms with Gasteiger partial charge in [-0.25, -0.2) is 4.79 Å². The Labute approximate surface area is 175 Å². The van der Waals surface area contributed by atoms with Crippen LogP contribution in [0.5, 0.6) is 5.75 Å². The van der Waals surface area contributed by atoms with Crippen LogP contribution in [-0.4, -0.2) is 41.2 Å². The van der Waals surface area contributed by atoms with Crippen molar-refractivity contribution in [2.45, 2.75) is 26.0 Å². The first-order chi connectivity index (χ1) is 14.4. The minimum absolute atomic E-state index is 0.164. The first-order valence-corrected chi connectivity index (χ1v) is 9.96. The zero-order valence-electron chi connectivity index (χ0n) is 17.0. The molecule has 0 radical (unpaired) electrons. The van der Waals surface area contributed by atoms with E-state index in [1.165, 1.54) is 4.90 Å². The molecule has 1 saturated heterocycles. The van der Waals surface area contributed by atoms with Gasteiger partial charge in [0.2, 0.25) is 0 Å². The van der Waals surface area contributed by atoms with E-state index in [9.17, 15) is 9.59 Å².